The zero-order valence-corrected chi connectivity index (χ0v) is 10.9. The first-order valence-corrected chi connectivity index (χ1v) is 5.95. The second kappa shape index (κ2) is 4.46. The first-order chi connectivity index (χ1) is 8.38. The van der Waals surface area contributed by atoms with Gasteiger partial charge in [-0.05, 0) is 32.9 Å². The van der Waals surface area contributed by atoms with Crippen molar-refractivity contribution in [2.45, 2.75) is 32.9 Å². The van der Waals surface area contributed by atoms with Crippen LogP contribution in [0.5, 0.6) is 0 Å². The van der Waals surface area contributed by atoms with Crippen LogP contribution in [0, 0.1) is 6.92 Å². The summed E-state index contributed by atoms with van der Waals surface area (Å²) in [6.45, 7) is 5.55. The Morgan fingerprint density at radius 3 is 2.39 bits per heavy atom. The lowest BCUT2D eigenvalue weighted by atomic mass is 10.1. The average molecular weight is 246 g/mol. The van der Waals surface area contributed by atoms with Crippen LogP contribution in [0.2, 0.25) is 0 Å². The number of imidazole rings is 1. The molecule has 0 saturated heterocycles. The molecule has 0 fully saturated rings. The van der Waals surface area contributed by atoms with Gasteiger partial charge in [0.25, 0.3) is 0 Å². The van der Waals surface area contributed by atoms with Crippen LogP contribution in [-0.2, 0) is 6.54 Å². The Labute approximate surface area is 106 Å². The van der Waals surface area contributed by atoms with Gasteiger partial charge in [-0.15, -0.1) is 0 Å². The van der Waals surface area contributed by atoms with E-state index in [1.54, 1.807) is 29.2 Å². The summed E-state index contributed by atoms with van der Waals surface area (Å²) in [4.78, 5) is 12.3. The predicted octanol–water partition coefficient (Wildman–Crippen LogP) is 1.72. The van der Waals surface area contributed by atoms with Gasteiger partial charge in [0, 0.05) is 11.9 Å². The fraction of sp³-hybridized carbons (Fsp3) is 0.357. The SMILES string of the molecule is Cc1cn(CC(C)(C)O)c(=O)n1-c1ccccc1. The molecule has 0 spiro atoms. The summed E-state index contributed by atoms with van der Waals surface area (Å²) >= 11 is 0. The predicted molar refractivity (Wildman–Crippen MR) is 71.1 cm³/mol. The van der Waals surface area contributed by atoms with Gasteiger partial charge < -0.3 is 5.11 Å². The molecule has 4 nitrogen and oxygen atoms in total. The molecule has 0 bridgehead atoms. The lowest BCUT2D eigenvalue weighted by Crippen LogP contribution is -2.33. The standard InChI is InChI=1S/C14H18N2O2/c1-11-9-15(10-14(2,3)18)13(17)16(11)12-7-5-4-6-8-12/h4-9,18H,10H2,1-3H3. The maximum absolute atomic E-state index is 12.3. The first kappa shape index (κ1) is 12.6. The maximum Gasteiger partial charge on any atom is 0.333 e. The van der Waals surface area contributed by atoms with Crippen molar-refractivity contribution >= 4 is 0 Å². The Morgan fingerprint density at radius 1 is 1.22 bits per heavy atom. The molecule has 1 N–H and O–H groups in total. The van der Waals surface area contributed by atoms with Gasteiger partial charge in [-0.25, -0.2) is 4.79 Å². The van der Waals surface area contributed by atoms with Crippen LogP contribution >= 0.6 is 0 Å². The number of aliphatic hydroxyl groups is 1. The van der Waals surface area contributed by atoms with Crippen molar-refractivity contribution < 1.29 is 5.11 Å². The summed E-state index contributed by atoms with van der Waals surface area (Å²) in [7, 11) is 0. The van der Waals surface area contributed by atoms with E-state index in [0.29, 0.717) is 0 Å². The van der Waals surface area contributed by atoms with Gasteiger partial charge >= 0.3 is 5.69 Å². The summed E-state index contributed by atoms with van der Waals surface area (Å²) in [5.41, 5.74) is 0.671. The molecule has 1 heterocycles. The molecule has 2 rings (SSSR count). The van der Waals surface area contributed by atoms with Gasteiger partial charge in [0.2, 0.25) is 0 Å². The highest BCUT2D eigenvalue weighted by Crippen LogP contribution is 2.10. The third-order valence-electron chi connectivity index (χ3n) is 2.70. The normalized spacial score (nSPS) is 11.8. The van der Waals surface area contributed by atoms with Gasteiger partial charge in [0.05, 0.1) is 17.8 Å². The lowest BCUT2D eigenvalue weighted by molar-refractivity contribution is 0.0604. The van der Waals surface area contributed by atoms with Gasteiger partial charge in [-0.2, -0.15) is 0 Å². The molecule has 1 aromatic heterocycles. The number of rotatable bonds is 3. The number of nitrogens with zero attached hydrogens (tertiary/aromatic N) is 2. The molecule has 96 valence electrons. The van der Waals surface area contributed by atoms with Crippen LogP contribution in [0.15, 0.2) is 41.3 Å². The number of hydrogen-bond acceptors (Lipinski definition) is 2. The number of benzene rings is 1. The minimum absolute atomic E-state index is 0.124. The fourth-order valence-electron chi connectivity index (χ4n) is 2.04. The van der Waals surface area contributed by atoms with Crippen LogP contribution in [0.1, 0.15) is 19.5 Å². The van der Waals surface area contributed by atoms with Crippen molar-refractivity contribution in [1.29, 1.82) is 0 Å². The third kappa shape index (κ3) is 2.54. The Bertz CT molecular complexity index is 588. The molecule has 18 heavy (non-hydrogen) atoms. The van der Waals surface area contributed by atoms with E-state index in [1.165, 1.54) is 0 Å². The van der Waals surface area contributed by atoms with Gasteiger partial charge in [0.1, 0.15) is 0 Å². The zero-order valence-electron chi connectivity index (χ0n) is 10.9. The van der Waals surface area contributed by atoms with Gasteiger partial charge in [0.15, 0.2) is 0 Å². The highest BCUT2D eigenvalue weighted by atomic mass is 16.3. The van der Waals surface area contributed by atoms with Crippen molar-refractivity contribution in [1.82, 2.24) is 9.13 Å². The Morgan fingerprint density at radius 2 is 1.83 bits per heavy atom. The van der Waals surface area contributed by atoms with E-state index in [-0.39, 0.29) is 12.2 Å². The third-order valence-corrected chi connectivity index (χ3v) is 2.70. The molecular weight excluding hydrogens is 228 g/mol. The summed E-state index contributed by atoms with van der Waals surface area (Å²) in [5.74, 6) is 0. The minimum atomic E-state index is -0.904. The second-order valence-corrected chi connectivity index (χ2v) is 5.16. The van der Waals surface area contributed by atoms with Crippen LogP contribution in [0.25, 0.3) is 5.69 Å². The van der Waals surface area contributed by atoms with E-state index in [9.17, 15) is 9.90 Å². The molecule has 0 aliphatic heterocycles. The van der Waals surface area contributed by atoms with E-state index in [2.05, 4.69) is 0 Å². The van der Waals surface area contributed by atoms with Crippen molar-refractivity contribution in [3.63, 3.8) is 0 Å². The van der Waals surface area contributed by atoms with Crippen molar-refractivity contribution in [3.05, 3.63) is 52.7 Å². The molecule has 0 amide bonds. The number of para-hydroxylation sites is 1. The van der Waals surface area contributed by atoms with Crippen LogP contribution in [0.4, 0.5) is 0 Å². The summed E-state index contributed by atoms with van der Waals surface area (Å²) in [5, 5.41) is 9.80. The first-order valence-electron chi connectivity index (χ1n) is 5.95. The molecule has 0 unspecified atom stereocenters. The minimum Gasteiger partial charge on any atom is -0.389 e. The summed E-state index contributed by atoms with van der Waals surface area (Å²) in [6.07, 6.45) is 1.77. The van der Waals surface area contributed by atoms with Crippen LogP contribution in [0.3, 0.4) is 0 Å². The Balaban J connectivity index is 2.49. The largest absolute Gasteiger partial charge is 0.389 e. The van der Waals surface area contributed by atoms with E-state index >= 15 is 0 Å². The van der Waals surface area contributed by atoms with E-state index in [0.717, 1.165) is 11.4 Å². The quantitative estimate of drug-likeness (QED) is 0.896. The molecule has 4 heteroatoms. The number of aryl methyl sites for hydroxylation is 1. The second-order valence-electron chi connectivity index (χ2n) is 5.16. The van der Waals surface area contributed by atoms with Crippen molar-refractivity contribution in [3.8, 4) is 5.69 Å². The molecule has 0 radical (unpaired) electrons. The molecule has 0 aliphatic rings. The zero-order chi connectivity index (χ0) is 13.3. The van der Waals surface area contributed by atoms with Crippen LogP contribution in [-0.4, -0.2) is 19.8 Å². The monoisotopic (exact) mass is 246 g/mol. The van der Waals surface area contributed by atoms with E-state index in [4.69, 9.17) is 0 Å². The molecule has 0 atom stereocenters. The average Bonchev–Trinajstić information content (AvgIpc) is 2.53. The Kier molecular flexibility index (Phi) is 3.13. The van der Waals surface area contributed by atoms with Crippen molar-refractivity contribution in [2.24, 2.45) is 0 Å². The number of aromatic nitrogens is 2. The van der Waals surface area contributed by atoms with E-state index < -0.39 is 5.60 Å². The molecular formula is C14H18N2O2. The Hall–Kier alpha value is -1.81. The molecule has 2 aromatic rings. The molecule has 0 saturated carbocycles. The molecule has 1 aromatic carbocycles. The van der Waals surface area contributed by atoms with Crippen LogP contribution < -0.4 is 5.69 Å². The fourth-order valence-corrected chi connectivity index (χ4v) is 2.04. The smallest absolute Gasteiger partial charge is 0.333 e. The van der Waals surface area contributed by atoms with Gasteiger partial charge in [-0.3, -0.25) is 9.13 Å². The highest BCUT2D eigenvalue weighted by Gasteiger charge is 2.17. The molecule has 0 aliphatic carbocycles. The van der Waals surface area contributed by atoms with Gasteiger partial charge in [-0.1, -0.05) is 18.2 Å². The van der Waals surface area contributed by atoms with Crippen molar-refractivity contribution in [2.75, 3.05) is 0 Å². The van der Waals surface area contributed by atoms with E-state index in [1.807, 2.05) is 37.3 Å². The number of hydrogen-bond donors (Lipinski definition) is 1. The lowest BCUT2D eigenvalue weighted by Gasteiger charge is -2.16. The summed E-state index contributed by atoms with van der Waals surface area (Å²) in [6, 6.07) is 9.49. The maximum atomic E-state index is 12.3. The summed E-state index contributed by atoms with van der Waals surface area (Å²) < 4.78 is 3.19. The topological polar surface area (TPSA) is 47.2 Å². The highest BCUT2D eigenvalue weighted by molar-refractivity contribution is 5.33.